The number of nitrogens with zero attached hydrogens (tertiary/aromatic N) is 4. The van der Waals surface area contributed by atoms with Crippen molar-refractivity contribution in [2.45, 2.75) is 13.5 Å². The monoisotopic (exact) mass is 393 g/mol. The number of fused-ring (bicyclic) bond motifs is 1. The minimum absolute atomic E-state index is 0.197. The van der Waals surface area contributed by atoms with Crippen molar-refractivity contribution in [2.24, 2.45) is 5.73 Å². The fourth-order valence-corrected chi connectivity index (χ4v) is 3.88. The number of aromatic nitrogens is 4. The van der Waals surface area contributed by atoms with Gasteiger partial charge in [-0.1, -0.05) is 12.1 Å². The Morgan fingerprint density at radius 2 is 2.07 bits per heavy atom. The Morgan fingerprint density at radius 3 is 2.86 bits per heavy atom. The van der Waals surface area contributed by atoms with Crippen LogP contribution in [0.3, 0.4) is 0 Å². The Morgan fingerprint density at radius 1 is 1.21 bits per heavy atom. The first-order valence-electron chi connectivity index (χ1n) is 8.73. The van der Waals surface area contributed by atoms with Gasteiger partial charge in [0.15, 0.2) is 0 Å². The van der Waals surface area contributed by atoms with E-state index in [0.29, 0.717) is 29.6 Å². The zero-order valence-electron chi connectivity index (χ0n) is 15.2. The average Bonchev–Trinajstić information content (AvgIpc) is 3.29. The Balaban J connectivity index is 1.64. The number of aryl methyl sites for hydroxylation is 1. The lowest BCUT2D eigenvalue weighted by atomic mass is 10.2. The van der Waals surface area contributed by atoms with E-state index in [1.165, 1.54) is 11.3 Å². The number of nitrogens with two attached hydrogens (primary N) is 2. The highest BCUT2D eigenvalue weighted by molar-refractivity contribution is 7.17. The van der Waals surface area contributed by atoms with Crippen molar-refractivity contribution in [3.63, 3.8) is 0 Å². The Bertz CT molecular complexity index is 1160. The van der Waals surface area contributed by atoms with Crippen LogP contribution in [0, 0.1) is 6.92 Å². The van der Waals surface area contributed by atoms with Gasteiger partial charge >= 0.3 is 0 Å². The highest BCUT2D eigenvalue weighted by atomic mass is 32.1. The molecule has 0 aliphatic heterocycles. The van der Waals surface area contributed by atoms with Crippen molar-refractivity contribution in [3.05, 3.63) is 53.0 Å². The van der Waals surface area contributed by atoms with Crippen molar-refractivity contribution in [1.82, 2.24) is 19.5 Å². The van der Waals surface area contributed by atoms with E-state index in [2.05, 4.69) is 20.3 Å². The van der Waals surface area contributed by atoms with Crippen molar-refractivity contribution in [1.29, 1.82) is 0 Å². The molecule has 1 amide bonds. The molecule has 8 nitrogen and oxygen atoms in total. The summed E-state index contributed by atoms with van der Waals surface area (Å²) in [5.41, 5.74) is 14.9. The van der Waals surface area contributed by atoms with Gasteiger partial charge in [0.25, 0.3) is 5.91 Å². The summed E-state index contributed by atoms with van der Waals surface area (Å²) in [4.78, 5) is 26.9. The van der Waals surface area contributed by atoms with Gasteiger partial charge in [0, 0.05) is 19.3 Å². The molecule has 0 aliphatic carbocycles. The fourth-order valence-electron chi connectivity index (χ4n) is 3.01. The predicted octanol–water partition coefficient (Wildman–Crippen LogP) is 2.66. The van der Waals surface area contributed by atoms with Crippen LogP contribution in [0.15, 0.2) is 42.6 Å². The van der Waals surface area contributed by atoms with E-state index >= 15 is 0 Å². The summed E-state index contributed by atoms with van der Waals surface area (Å²) >= 11 is 1.33. The molecule has 0 bridgehead atoms. The van der Waals surface area contributed by atoms with Gasteiger partial charge in [0.05, 0.1) is 26.5 Å². The number of para-hydroxylation sites is 1. The number of hydrogen-bond acceptors (Lipinski definition) is 7. The third kappa shape index (κ3) is 3.32. The third-order valence-electron chi connectivity index (χ3n) is 4.32. The highest BCUT2D eigenvalue weighted by Gasteiger charge is 2.17. The number of rotatable bonds is 5. The topological polar surface area (TPSA) is 125 Å². The molecule has 3 heterocycles. The van der Waals surface area contributed by atoms with Crippen LogP contribution in [-0.4, -0.2) is 32.0 Å². The molecule has 0 spiro atoms. The molecule has 0 fully saturated rings. The van der Waals surface area contributed by atoms with Gasteiger partial charge in [-0.25, -0.2) is 15.0 Å². The van der Waals surface area contributed by atoms with E-state index in [9.17, 15) is 4.79 Å². The standard InChI is InChI=1S/C19H19N7OS/c1-11-3-2-4-13-16(11)24-19(26(13)10-8-20)25-17(27)15-6-5-14(28-15)12-7-9-22-18(21)23-12/h2-7,9H,8,10,20H2,1H3,(H2,21,22,23)(H,24,25,27). The first-order chi connectivity index (χ1) is 13.6. The summed E-state index contributed by atoms with van der Waals surface area (Å²) in [5.74, 6) is 0.452. The maximum absolute atomic E-state index is 12.8. The minimum atomic E-state index is -0.232. The number of nitrogen functional groups attached to an aromatic ring is 1. The number of imidazole rings is 1. The van der Waals surface area contributed by atoms with Gasteiger partial charge < -0.3 is 16.0 Å². The lowest BCUT2D eigenvalue weighted by Gasteiger charge is -2.08. The number of benzene rings is 1. The van der Waals surface area contributed by atoms with Crippen LogP contribution in [0.4, 0.5) is 11.9 Å². The number of nitrogens with one attached hydrogen (secondary N) is 1. The number of thiophene rings is 1. The quantitative estimate of drug-likeness (QED) is 0.479. The van der Waals surface area contributed by atoms with Gasteiger partial charge in [-0.05, 0) is 36.8 Å². The summed E-state index contributed by atoms with van der Waals surface area (Å²) in [7, 11) is 0. The van der Waals surface area contributed by atoms with Crippen molar-refractivity contribution >= 4 is 40.2 Å². The second-order valence-corrected chi connectivity index (χ2v) is 7.32. The van der Waals surface area contributed by atoms with Crippen LogP contribution in [-0.2, 0) is 6.54 Å². The fraction of sp³-hybridized carbons (Fsp3) is 0.158. The van der Waals surface area contributed by atoms with Gasteiger partial charge in [-0.2, -0.15) is 0 Å². The molecule has 1 aromatic carbocycles. The molecule has 0 saturated carbocycles. The molecule has 28 heavy (non-hydrogen) atoms. The van der Waals surface area contributed by atoms with Crippen molar-refractivity contribution in [3.8, 4) is 10.6 Å². The van der Waals surface area contributed by atoms with Crippen molar-refractivity contribution < 1.29 is 4.79 Å². The largest absolute Gasteiger partial charge is 0.368 e. The van der Waals surface area contributed by atoms with E-state index in [1.807, 2.05) is 35.8 Å². The van der Waals surface area contributed by atoms with Gasteiger partial charge in [-0.3, -0.25) is 10.1 Å². The summed E-state index contributed by atoms with van der Waals surface area (Å²) < 4.78 is 1.93. The third-order valence-corrected chi connectivity index (χ3v) is 5.42. The lowest BCUT2D eigenvalue weighted by Crippen LogP contribution is -2.17. The van der Waals surface area contributed by atoms with E-state index in [4.69, 9.17) is 11.5 Å². The van der Waals surface area contributed by atoms with Gasteiger partial charge in [-0.15, -0.1) is 11.3 Å². The van der Waals surface area contributed by atoms with Crippen LogP contribution in [0.5, 0.6) is 0 Å². The molecule has 5 N–H and O–H groups in total. The zero-order valence-corrected chi connectivity index (χ0v) is 16.0. The molecule has 0 radical (unpaired) electrons. The summed E-state index contributed by atoms with van der Waals surface area (Å²) in [6.07, 6.45) is 1.59. The van der Waals surface area contributed by atoms with Crippen LogP contribution < -0.4 is 16.8 Å². The van der Waals surface area contributed by atoms with Crippen LogP contribution in [0.2, 0.25) is 0 Å². The molecule has 4 rings (SSSR count). The summed E-state index contributed by atoms with van der Waals surface area (Å²) in [6.45, 7) is 3.00. The van der Waals surface area contributed by atoms with E-state index in [-0.39, 0.29) is 11.9 Å². The molecule has 142 valence electrons. The molecule has 3 aromatic heterocycles. The normalized spacial score (nSPS) is 11.1. The lowest BCUT2D eigenvalue weighted by molar-refractivity contribution is 0.102. The number of amides is 1. The number of carbonyl (C=O) groups excluding carboxylic acids is 1. The van der Waals surface area contributed by atoms with E-state index < -0.39 is 0 Å². The first-order valence-corrected chi connectivity index (χ1v) is 9.54. The number of hydrogen-bond donors (Lipinski definition) is 3. The van der Waals surface area contributed by atoms with Gasteiger partial charge in [0.1, 0.15) is 0 Å². The second kappa shape index (κ2) is 7.37. The highest BCUT2D eigenvalue weighted by Crippen LogP contribution is 2.28. The maximum atomic E-state index is 12.8. The smallest absolute Gasteiger partial charge is 0.268 e. The Labute approximate surface area is 165 Å². The molecule has 0 atom stereocenters. The molecular formula is C19H19N7OS. The van der Waals surface area contributed by atoms with Crippen LogP contribution in [0.25, 0.3) is 21.6 Å². The molecular weight excluding hydrogens is 374 g/mol. The summed E-state index contributed by atoms with van der Waals surface area (Å²) in [6, 6.07) is 11.3. The van der Waals surface area contributed by atoms with Crippen molar-refractivity contribution in [2.75, 3.05) is 17.6 Å². The molecule has 0 aliphatic rings. The maximum Gasteiger partial charge on any atom is 0.268 e. The zero-order chi connectivity index (χ0) is 19.7. The first kappa shape index (κ1) is 18.1. The average molecular weight is 393 g/mol. The molecule has 9 heteroatoms. The van der Waals surface area contributed by atoms with Crippen LogP contribution in [0.1, 0.15) is 15.2 Å². The Kier molecular flexibility index (Phi) is 4.76. The number of carbonyl (C=O) groups is 1. The summed E-state index contributed by atoms with van der Waals surface area (Å²) in [5, 5.41) is 2.91. The van der Waals surface area contributed by atoms with E-state index in [0.717, 1.165) is 21.5 Å². The Hall–Kier alpha value is -3.30. The second-order valence-electron chi connectivity index (χ2n) is 6.24. The van der Waals surface area contributed by atoms with E-state index in [1.54, 1.807) is 18.3 Å². The van der Waals surface area contributed by atoms with Crippen LogP contribution >= 0.6 is 11.3 Å². The molecule has 0 unspecified atom stereocenters. The minimum Gasteiger partial charge on any atom is -0.368 e. The molecule has 4 aromatic rings. The molecule has 0 saturated heterocycles. The predicted molar refractivity (Wildman–Crippen MR) is 111 cm³/mol. The van der Waals surface area contributed by atoms with Gasteiger partial charge in [0.2, 0.25) is 11.9 Å². The number of anilines is 2. The SMILES string of the molecule is Cc1cccc2c1nc(NC(=O)c1ccc(-c3ccnc(N)n3)s1)n2CCN.